The second-order valence-corrected chi connectivity index (χ2v) is 7.20. The molecule has 1 fully saturated rings. The van der Waals surface area contributed by atoms with E-state index < -0.39 is 0 Å². The molecule has 0 aliphatic carbocycles. The number of nitrogens with zero attached hydrogens (tertiary/aromatic N) is 1. The molecular weight excluding hydrogens is 198 g/mol. The topological polar surface area (TPSA) is 20.3 Å². The van der Waals surface area contributed by atoms with Crippen molar-refractivity contribution in [1.82, 2.24) is 4.90 Å². The zero-order valence-electron chi connectivity index (χ0n) is 11.8. The van der Waals surface area contributed by atoms with Gasteiger partial charge < -0.3 is 4.90 Å². The van der Waals surface area contributed by atoms with Crippen molar-refractivity contribution < 1.29 is 4.79 Å². The van der Waals surface area contributed by atoms with Gasteiger partial charge in [0.2, 0.25) is 5.91 Å². The van der Waals surface area contributed by atoms with Crippen LogP contribution in [0.4, 0.5) is 0 Å². The van der Waals surface area contributed by atoms with Gasteiger partial charge in [-0.15, -0.1) is 0 Å². The Bertz CT molecular complexity index is 262. The van der Waals surface area contributed by atoms with Gasteiger partial charge in [-0.1, -0.05) is 41.5 Å². The van der Waals surface area contributed by atoms with Gasteiger partial charge in [0.25, 0.3) is 0 Å². The molecule has 16 heavy (non-hydrogen) atoms. The van der Waals surface area contributed by atoms with Crippen LogP contribution in [0.15, 0.2) is 0 Å². The van der Waals surface area contributed by atoms with Crippen LogP contribution in [-0.2, 0) is 4.79 Å². The number of piperidine rings is 1. The first-order chi connectivity index (χ1) is 7.12. The van der Waals surface area contributed by atoms with Crippen molar-refractivity contribution in [3.63, 3.8) is 0 Å². The minimum absolute atomic E-state index is 0.207. The van der Waals surface area contributed by atoms with Gasteiger partial charge in [0, 0.05) is 19.5 Å². The molecule has 0 spiro atoms. The number of rotatable bonds is 2. The van der Waals surface area contributed by atoms with E-state index in [1.54, 1.807) is 0 Å². The Labute approximate surface area is 100 Å². The van der Waals surface area contributed by atoms with Crippen molar-refractivity contribution in [3.05, 3.63) is 0 Å². The van der Waals surface area contributed by atoms with E-state index in [4.69, 9.17) is 0 Å². The summed E-state index contributed by atoms with van der Waals surface area (Å²) in [5.41, 5.74) is 0.492. The number of amides is 1. The molecule has 2 heteroatoms. The summed E-state index contributed by atoms with van der Waals surface area (Å²) >= 11 is 0. The molecule has 0 N–H and O–H groups in total. The third-order valence-electron chi connectivity index (χ3n) is 4.01. The van der Waals surface area contributed by atoms with Crippen LogP contribution in [0.25, 0.3) is 0 Å². The van der Waals surface area contributed by atoms with Gasteiger partial charge in [0.15, 0.2) is 0 Å². The summed E-state index contributed by atoms with van der Waals surface area (Å²) in [5.74, 6) is 0.894. The molecule has 1 aliphatic rings. The molecule has 0 aromatic heterocycles. The lowest BCUT2D eigenvalue weighted by atomic mass is 9.79. The summed E-state index contributed by atoms with van der Waals surface area (Å²) in [6.07, 6.45) is 1.85. The average molecular weight is 225 g/mol. The van der Waals surface area contributed by atoms with Crippen molar-refractivity contribution in [2.45, 2.75) is 54.4 Å². The smallest absolute Gasteiger partial charge is 0.223 e. The average Bonchev–Trinajstić information content (AvgIpc) is 2.07. The number of hydrogen-bond donors (Lipinski definition) is 0. The van der Waals surface area contributed by atoms with Crippen LogP contribution < -0.4 is 0 Å². The summed E-state index contributed by atoms with van der Waals surface area (Å²) < 4.78 is 0. The van der Waals surface area contributed by atoms with Gasteiger partial charge in [-0.25, -0.2) is 0 Å². The lowest BCUT2D eigenvalue weighted by Crippen LogP contribution is -2.45. The lowest BCUT2D eigenvalue weighted by molar-refractivity contribution is -0.138. The lowest BCUT2D eigenvalue weighted by Gasteiger charge is -2.39. The molecule has 1 heterocycles. The second kappa shape index (κ2) is 4.38. The Morgan fingerprint density at radius 2 is 1.94 bits per heavy atom. The zero-order chi connectivity index (χ0) is 12.6. The van der Waals surface area contributed by atoms with Crippen LogP contribution in [0.3, 0.4) is 0 Å². The molecule has 0 aromatic rings. The molecular formula is C14H27NO. The number of hydrogen-bond acceptors (Lipinski definition) is 1. The minimum Gasteiger partial charge on any atom is -0.342 e. The largest absolute Gasteiger partial charge is 0.342 e. The van der Waals surface area contributed by atoms with Crippen LogP contribution in [0.2, 0.25) is 0 Å². The maximum atomic E-state index is 12.0. The van der Waals surface area contributed by atoms with Gasteiger partial charge in [0.1, 0.15) is 0 Å². The highest BCUT2D eigenvalue weighted by molar-refractivity contribution is 5.77. The van der Waals surface area contributed by atoms with Crippen molar-refractivity contribution >= 4 is 5.91 Å². The molecule has 2 nitrogen and oxygen atoms in total. The predicted octanol–water partition coefficient (Wildman–Crippen LogP) is 3.32. The van der Waals surface area contributed by atoms with Gasteiger partial charge in [-0.05, 0) is 23.2 Å². The summed E-state index contributed by atoms with van der Waals surface area (Å²) in [5, 5.41) is 0. The van der Waals surface area contributed by atoms with Gasteiger partial charge in [-0.3, -0.25) is 4.79 Å². The van der Waals surface area contributed by atoms with Crippen LogP contribution in [-0.4, -0.2) is 23.9 Å². The van der Waals surface area contributed by atoms with E-state index in [1.165, 1.54) is 0 Å². The van der Waals surface area contributed by atoms with Crippen molar-refractivity contribution in [2.75, 3.05) is 13.1 Å². The van der Waals surface area contributed by atoms with Crippen LogP contribution >= 0.6 is 0 Å². The molecule has 1 rings (SSSR count). The van der Waals surface area contributed by atoms with Gasteiger partial charge >= 0.3 is 0 Å². The Hall–Kier alpha value is -0.530. The molecule has 1 aliphatic heterocycles. The highest BCUT2D eigenvalue weighted by atomic mass is 16.2. The summed E-state index contributed by atoms with van der Waals surface area (Å²) in [4.78, 5) is 14.1. The molecule has 0 unspecified atom stereocenters. The van der Waals surface area contributed by atoms with E-state index in [-0.39, 0.29) is 10.8 Å². The first-order valence-electron chi connectivity index (χ1n) is 6.40. The fourth-order valence-corrected chi connectivity index (χ4v) is 1.97. The van der Waals surface area contributed by atoms with E-state index in [2.05, 4.69) is 46.4 Å². The first-order valence-corrected chi connectivity index (χ1v) is 6.40. The quantitative estimate of drug-likeness (QED) is 0.706. The third-order valence-corrected chi connectivity index (χ3v) is 4.01. The molecule has 1 amide bonds. The number of carbonyl (C=O) groups excluding carboxylic acids is 1. The van der Waals surface area contributed by atoms with E-state index >= 15 is 0 Å². The Morgan fingerprint density at radius 3 is 2.38 bits per heavy atom. The Balaban J connectivity index is 2.55. The normalized spacial score (nSPS) is 23.4. The number of likely N-dealkylation sites (tertiary alicyclic amines) is 1. The maximum Gasteiger partial charge on any atom is 0.223 e. The zero-order valence-corrected chi connectivity index (χ0v) is 11.8. The fourth-order valence-electron chi connectivity index (χ4n) is 1.97. The van der Waals surface area contributed by atoms with E-state index in [0.29, 0.717) is 18.2 Å². The second-order valence-electron chi connectivity index (χ2n) is 7.20. The third kappa shape index (κ3) is 3.50. The van der Waals surface area contributed by atoms with E-state index in [0.717, 1.165) is 19.5 Å². The number of carbonyl (C=O) groups is 1. The minimum atomic E-state index is 0.207. The van der Waals surface area contributed by atoms with E-state index in [1.807, 2.05) is 0 Å². The monoisotopic (exact) mass is 225 g/mol. The summed E-state index contributed by atoms with van der Waals surface area (Å²) in [6, 6.07) is 0. The van der Waals surface area contributed by atoms with Crippen LogP contribution in [0, 0.1) is 16.7 Å². The Kier molecular flexibility index (Phi) is 3.71. The molecule has 0 radical (unpaired) electrons. The van der Waals surface area contributed by atoms with Crippen molar-refractivity contribution in [3.8, 4) is 0 Å². The molecule has 0 bridgehead atoms. The SMILES string of the molecule is C[C@H](CN1CCC(C)(C)CC1=O)C(C)(C)C. The molecule has 1 saturated heterocycles. The standard InChI is InChI=1S/C14H27NO/c1-11(13(2,3)4)10-15-8-7-14(5,6)9-12(15)16/h11H,7-10H2,1-6H3/t11-/m1/s1. The fraction of sp³-hybridized carbons (Fsp3) is 0.929. The van der Waals surface area contributed by atoms with Gasteiger partial charge in [0.05, 0.1) is 0 Å². The molecule has 0 aromatic carbocycles. The van der Waals surface area contributed by atoms with Crippen molar-refractivity contribution in [1.29, 1.82) is 0 Å². The summed E-state index contributed by atoms with van der Waals surface area (Å²) in [7, 11) is 0. The van der Waals surface area contributed by atoms with Crippen molar-refractivity contribution in [2.24, 2.45) is 16.7 Å². The maximum absolute atomic E-state index is 12.0. The van der Waals surface area contributed by atoms with E-state index in [9.17, 15) is 4.79 Å². The first kappa shape index (κ1) is 13.5. The highest BCUT2D eigenvalue weighted by Gasteiger charge is 2.33. The molecule has 1 atom stereocenters. The highest BCUT2D eigenvalue weighted by Crippen LogP contribution is 2.33. The van der Waals surface area contributed by atoms with Crippen LogP contribution in [0.5, 0.6) is 0 Å². The summed E-state index contributed by atoms with van der Waals surface area (Å²) in [6.45, 7) is 15.2. The molecule has 94 valence electrons. The Morgan fingerprint density at radius 1 is 1.38 bits per heavy atom. The predicted molar refractivity (Wildman–Crippen MR) is 68.2 cm³/mol. The molecule has 0 saturated carbocycles. The van der Waals surface area contributed by atoms with Gasteiger partial charge in [-0.2, -0.15) is 0 Å². The van der Waals surface area contributed by atoms with Crippen LogP contribution in [0.1, 0.15) is 54.4 Å².